The van der Waals surface area contributed by atoms with E-state index in [0.717, 1.165) is 17.6 Å². The number of ketones is 1. The van der Waals surface area contributed by atoms with Crippen LogP contribution >= 0.6 is 0 Å². The molecule has 0 saturated heterocycles. The lowest BCUT2D eigenvalue weighted by atomic mass is 9.73. The predicted molar refractivity (Wildman–Crippen MR) is 58.8 cm³/mol. The van der Waals surface area contributed by atoms with Gasteiger partial charge in [0.15, 0.2) is 5.78 Å². The number of Topliss-reactive ketones (excluding diaryl/α,β-unsaturated/α-hetero) is 1. The molecule has 1 fully saturated rings. The fourth-order valence-electron chi connectivity index (χ4n) is 2.02. The second-order valence-corrected chi connectivity index (χ2v) is 4.43. The Kier molecular flexibility index (Phi) is 3.27. The molecule has 0 heterocycles. The summed E-state index contributed by atoms with van der Waals surface area (Å²) in [5.41, 5.74) is 7.94. The van der Waals surface area contributed by atoms with Crippen LogP contribution in [-0.4, -0.2) is 11.8 Å². The molecule has 0 bridgehead atoms. The molecule has 0 aromatic rings. The van der Waals surface area contributed by atoms with Crippen molar-refractivity contribution in [1.82, 2.24) is 0 Å². The quantitative estimate of drug-likeness (QED) is 0.682. The van der Waals surface area contributed by atoms with Crippen LogP contribution in [0.3, 0.4) is 0 Å². The first-order valence-corrected chi connectivity index (χ1v) is 5.02. The first-order valence-electron chi connectivity index (χ1n) is 5.02. The van der Waals surface area contributed by atoms with Crippen LogP contribution in [0.25, 0.3) is 0 Å². The largest absolute Gasteiger partial charge is 0.321 e. The summed E-state index contributed by atoms with van der Waals surface area (Å²) in [6.45, 7) is 11.7. The van der Waals surface area contributed by atoms with Crippen molar-refractivity contribution in [3.05, 3.63) is 24.3 Å². The number of nitrogens with two attached hydrogens (primary N) is 1. The molecule has 0 aromatic carbocycles. The summed E-state index contributed by atoms with van der Waals surface area (Å²) in [6, 6.07) is -0.344. The second kappa shape index (κ2) is 4.09. The van der Waals surface area contributed by atoms with Gasteiger partial charge in [-0.25, -0.2) is 0 Å². The third-order valence-corrected chi connectivity index (χ3v) is 3.12. The topological polar surface area (TPSA) is 43.1 Å². The zero-order chi connectivity index (χ0) is 10.9. The zero-order valence-electron chi connectivity index (χ0n) is 9.05. The van der Waals surface area contributed by atoms with Gasteiger partial charge in [-0.05, 0) is 26.2 Å². The molecule has 0 aromatic heterocycles. The summed E-state index contributed by atoms with van der Waals surface area (Å²) in [7, 11) is 0. The van der Waals surface area contributed by atoms with Crippen molar-refractivity contribution < 1.29 is 4.79 Å². The highest BCUT2D eigenvalue weighted by atomic mass is 16.1. The zero-order valence-corrected chi connectivity index (χ0v) is 9.05. The molecule has 1 saturated carbocycles. The number of carbonyl (C=O) groups is 1. The highest BCUT2D eigenvalue weighted by Crippen LogP contribution is 2.33. The van der Waals surface area contributed by atoms with E-state index >= 15 is 0 Å². The first-order chi connectivity index (χ1) is 6.43. The summed E-state index contributed by atoms with van der Waals surface area (Å²) >= 11 is 0. The van der Waals surface area contributed by atoms with Crippen LogP contribution in [0.4, 0.5) is 0 Å². The normalized spacial score (nSPS) is 32.8. The van der Waals surface area contributed by atoms with Crippen molar-refractivity contribution in [3.8, 4) is 0 Å². The molecule has 1 aliphatic carbocycles. The van der Waals surface area contributed by atoms with Crippen molar-refractivity contribution in [3.63, 3.8) is 0 Å². The lowest BCUT2D eigenvalue weighted by Crippen LogP contribution is -2.44. The second-order valence-electron chi connectivity index (χ2n) is 4.43. The highest BCUT2D eigenvalue weighted by Gasteiger charge is 2.34. The van der Waals surface area contributed by atoms with Gasteiger partial charge in [0.1, 0.15) is 0 Å². The van der Waals surface area contributed by atoms with E-state index in [2.05, 4.69) is 13.2 Å². The van der Waals surface area contributed by atoms with Gasteiger partial charge in [-0.2, -0.15) is 0 Å². The molecule has 0 radical (unpaired) electrons. The fourth-order valence-corrected chi connectivity index (χ4v) is 2.02. The first kappa shape index (κ1) is 11.2. The van der Waals surface area contributed by atoms with Crippen LogP contribution in [-0.2, 0) is 4.79 Å². The van der Waals surface area contributed by atoms with Gasteiger partial charge in [-0.3, -0.25) is 4.79 Å². The average molecular weight is 193 g/mol. The summed E-state index contributed by atoms with van der Waals surface area (Å²) in [5, 5.41) is 0. The number of hydrogen-bond donors (Lipinski definition) is 1. The number of allylic oxidation sites excluding steroid dienone is 1. The van der Waals surface area contributed by atoms with Gasteiger partial charge in [-0.15, -0.1) is 0 Å². The summed E-state index contributed by atoms with van der Waals surface area (Å²) in [6.07, 6.45) is 1.48. The van der Waals surface area contributed by atoms with Crippen molar-refractivity contribution >= 4 is 5.78 Å². The van der Waals surface area contributed by atoms with Crippen LogP contribution in [0.1, 0.15) is 26.7 Å². The number of rotatable bonds is 2. The molecule has 1 unspecified atom stereocenters. The molecule has 0 spiro atoms. The standard InChI is InChI=1S/C12H19NO/c1-7(2)9-5-10(8(3)4)12(13)11(14)6-9/h9-10,12H,1,3,5-6,13H2,2,4H3/t9-,10+,12?/m0/s1. The lowest BCUT2D eigenvalue weighted by Gasteiger charge is -2.33. The summed E-state index contributed by atoms with van der Waals surface area (Å²) in [4.78, 5) is 11.6. The van der Waals surface area contributed by atoms with E-state index in [1.54, 1.807) is 0 Å². The molecule has 0 amide bonds. The minimum Gasteiger partial charge on any atom is -0.321 e. The van der Waals surface area contributed by atoms with Gasteiger partial charge in [-0.1, -0.05) is 24.3 Å². The lowest BCUT2D eigenvalue weighted by molar-refractivity contribution is -0.123. The molecule has 1 aliphatic rings. The van der Waals surface area contributed by atoms with Crippen molar-refractivity contribution in [1.29, 1.82) is 0 Å². The van der Waals surface area contributed by atoms with Crippen LogP contribution in [0, 0.1) is 11.8 Å². The Morgan fingerprint density at radius 1 is 1.36 bits per heavy atom. The minimum atomic E-state index is -0.344. The average Bonchev–Trinajstić information content (AvgIpc) is 2.08. The smallest absolute Gasteiger partial charge is 0.150 e. The maximum Gasteiger partial charge on any atom is 0.150 e. The van der Waals surface area contributed by atoms with E-state index in [4.69, 9.17) is 5.73 Å². The van der Waals surface area contributed by atoms with Gasteiger partial charge in [0.05, 0.1) is 6.04 Å². The Morgan fingerprint density at radius 3 is 2.36 bits per heavy atom. The van der Waals surface area contributed by atoms with Crippen molar-refractivity contribution in [2.45, 2.75) is 32.7 Å². The predicted octanol–water partition coefficient (Wildman–Crippen LogP) is 2.06. The monoisotopic (exact) mass is 193 g/mol. The van der Waals surface area contributed by atoms with Crippen LogP contribution in [0.15, 0.2) is 24.3 Å². The third kappa shape index (κ3) is 2.13. The van der Waals surface area contributed by atoms with Gasteiger partial charge in [0.25, 0.3) is 0 Å². The van der Waals surface area contributed by atoms with Gasteiger partial charge >= 0.3 is 0 Å². The molecule has 14 heavy (non-hydrogen) atoms. The molecule has 2 heteroatoms. The van der Waals surface area contributed by atoms with E-state index in [-0.39, 0.29) is 17.7 Å². The number of carbonyl (C=O) groups excluding carboxylic acids is 1. The van der Waals surface area contributed by atoms with Gasteiger partial charge in [0.2, 0.25) is 0 Å². The number of hydrogen-bond acceptors (Lipinski definition) is 2. The van der Waals surface area contributed by atoms with Gasteiger partial charge < -0.3 is 5.73 Å². The molecular formula is C12H19NO. The SMILES string of the molecule is C=C(C)[C@@H]1CC(=O)C(N)[C@@H](C(=C)C)C1. The summed E-state index contributed by atoms with van der Waals surface area (Å²) < 4.78 is 0. The maximum absolute atomic E-state index is 11.6. The van der Waals surface area contributed by atoms with Crippen molar-refractivity contribution in [2.75, 3.05) is 0 Å². The molecule has 1 rings (SSSR count). The highest BCUT2D eigenvalue weighted by molar-refractivity contribution is 5.85. The Labute approximate surface area is 85.9 Å². The molecule has 3 atom stereocenters. The molecule has 2 nitrogen and oxygen atoms in total. The maximum atomic E-state index is 11.6. The Hall–Kier alpha value is -0.890. The molecule has 78 valence electrons. The van der Waals surface area contributed by atoms with Gasteiger partial charge in [0, 0.05) is 12.3 Å². The molecule has 2 N–H and O–H groups in total. The summed E-state index contributed by atoms with van der Waals surface area (Å²) in [5.74, 6) is 0.583. The van der Waals surface area contributed by atoms with E-state index < -0.39 is 0 Å². The molecular weight excluding hydrogens is 174 g/mol. The third-order valence-electron chi connectivity index (χ3n) is 3.12. The van der Waals surface area contributed by atoms with E-state index in [9.17, 15) is 4.79 Å². The van der Waals surface area contributed by atoms with E-state index in [1.807, 2.05) is 13.8 Å². The van der Waals surface area contributed by atoms with Crippen molar-refractivity contribution in [2.24, 2.45) is 17.6 Å². The fraction of sp³-hybridized carbons (Fsp3) is 0.583. The Bertz CT molecular complexity index is 280. The van der Waals surface area contributed by atoms with E-state index in [0.29, 0.717) is 12.3 Å². The van der Waals surface area contributed by atoms with E-state index in [1.165, 1.54) is 0 Å². The molecule has 0 aliphatic heterocycles. The van der Waals surface area contributed by atoms with Crippen LogP contribution in [0.5, 0.6) is 0 Å². The van der Waals surface area contributed by atoms with Crippen LogP contribution in [0.2, 0.25) is 0 Å². The van der Waals surface area contributed by atoms with Crippen LogP contribution < -0.4 is 5.73 Å². The minimum absolute atomic E-state index is 0.137. The Morgan fingerprint density at radius 2 is 1.93 bits per heavy atom. The Balaban J connectivity index is 2.81.